The Morgan fingerprint density at radius 1 is 1.07 bits per heavy atom. The van der Waals surface area contributed by atoms with Crippen LogP contribution in [0.15, 0.2) is 35.4 Å². The van der Waals surface area contributed by atoms with E-state index in [1.165, 1.54) is 0 Å². The quantitative estimate of drug-likeness (QED) is 0.534. The lowest BCUT2D eigenvalue weighted by molar-refractivity contribution is -0.529. The van der Waals surface area contributed by atoms with Gasteiger partial charge < -0.3 is 31.4 Å². The van der Waals surface area contributed by atoms with Crippen molar-refractivity contribution < 1.29 is 41.5 Å². The average Bonchev–Trinajstić information content (AvgIpc) is 2.72. The van der Waals surface area contributed by atoms with Crippen molar-refractivity contribution in [1.29, 1.82) is 0 Å². The molecule has 1 aliphatic heterocycles. The standard InChI is InChI=1S/C19H20ClN3O5.ClH/c1-25-15-6-11(7-16(26-2)18(15)27-3)10-28-14-5-4-12(8-13(14)20)19-21-9-17(24)22-23-19;/h4-8H,9-10H2,1-3H3,(H,21,23)(H,22,24);1H. The van der Waals surface area contributed by atoms with Gasteiger partial charge in [0.2, 0.25) is 11.6 Å². The van der Waals surface area contributed by atoms with Gasteiger partial charge in [-0.1, -0.05) is 11.6 Å². The summed E-state index contributed by atoms with van der Waals surface area (Å²) in [5, 5.41) is 6.22. The van der Waals surface area contributed by atoms with Crippen molar-refractivity contribution in [3.05, 3.63) is 46.5 Å². The van der Waals surface area contributed by atoms with Crippen LogP contribution in [0.25, 0.3) is 0 Å². The number of ether oxygens (including phenoxy) is 4. The second kappa shape index (κ2) is 10.2. The van der Waals surface area contributed by atoms with Gasteiger partial charge in [0, 0.05) is 0 Å². The molecule has 3 N–H and O–H groups in total. The van der Waals surface area contributed by atoms with Crippen molar-refractivity contribution in [3.8, 4) is 23.0 Å². The van der Waals surface area contributed by atoms with Gasteiger partial charge in [0.15, 0.2) is 18.0 Å². The minimum absolute atomic E-state index is 0. The molecule has 10 heteroatoms. The number of hydrazone groups is 1. The van der Waals surface area contributed by atoms with Gasteiger partial charge in [-0.3, -0.25) is 10.1 Å². The molecule has 2 aromatic carbocycles. The number of hydrogen-bond acceptors (Lipinski definition) is 6. The Hall–Kier alpha value is -2.68. The zero-order chi connectivity index (χ0) is 20.1. The Morgan fingerprint density at radius 3 is 2.28 bits per heavy atom. The summed E-state index contributed by atoms with van der Waals surface area (Å²) in [6.45, 7) is 0.550. The summed E-state index contributed by atoms with van der Waals surface area (Å²) in [6, 6.07) is 8.99. The smallest absolute Gasteiger partial charge is 0.295 e. The molecule has 0 radical (unpaired) electrons. The summed E-state index contributed by atoms with van der Waals surface area (Å²) in [5.41, 5.74) is 4.08. The monoisotopic (exact) mass is 441 g/mol. The molecule has 2 aromatic rings. The molecule has 0 bridgehead atoms. The molecule has 0 saturated heterocycles. The Morgan fingerprint density at radius 2 is 1.76 bits per heavy atom. The lowest BCUT2D eigenvalue weighted by atomic mass is 10.1. The second-order valence-corrected chi connectivity index (χ2v) is 6.31. The summed E-state index contributed by atoms with van der Waals surface area (Å²) in [6.07, 6.45) is 0. The van der Waals surface area contributed by atoms with E-state index in [0.29, 0.717) is 33.9 Å². The first-order chi connectivity index (χ1) is 13.5. The first-order valence-electron chi connectivity index (χ1n) is 8.47. The number of amides is 1. The summed E-state index contributed by atoms with van der Waals surface area (Å²) in [4.78, 5) is 11.2. The second-order valence-electron chi connectivity index (χ2n) is 5.91. The van der Waals surface area contributed by atoms with Gasteiger partial charge in [0.05, 0.1) is 31.9 Å². The van der Waals surface area contributed by atoms with Gasteiger partial charge in [0.1, 0.15) is 12.4 Å². The van der Waals surface area contributed by atoms with E-state index in [-0.39, 0.29) is 31.5 Å². The van der Waals surface area contributed by atoms with Gasteiger partial charge >= 0.3 is 0 Å². The van der Waals surface area contributed by atoms with Crippen LogP contribution < -0.4 is 42.1 Å². The molecular formula is C19H21Cl2N3O5. The van der Waals surface area contributed by atoms with Crippen molar-refractivity contribution in [2.45, 2.75) is 6.61 Å². The lowest BCUT2D eigenvalue weighted by Crippen LogP contribution is -3.00. The molecule has 0 fully saturated rings. The van der Waals surface area contributed by atoms with E-state index >= 15 is 0 Å². The third kappa shape index (κ3) is 5.23. The molecular weight excluding hydrogens is 421 g/mol. The van der Waals surface area contributed by atoms with Crippen LogP contribution in [0, 0.1) is 0 Å². The summed E-state index contributed by atoms with van der Waals surface area (Å²) in [5.74, 6) is 2.68. The van der Waals surface area contributed by atoms with Crippen LogP contribution in [0.1, 0.15) is 11.1 Å². The van der Waals surface area contributed by atoms with Gasteiger partial charge in [-0.05, 0) is 35.9 Å². The molecule has 1 amide bonds. The zero-order valence-corrected chi connectivity index (χ0v) is 17.6. The highest BCUT2D eigenvalue weighted by atomic mass is 35.5. The van der Waals surface area contributed by atoms with Crippen molar-refractivity contribution in [2.24, 2.45) is 5.10 Å². The van der Waals surface area contributed by atoms with Crippen LogP contribution in [0.5, 0.6) is 23.0 Å². The minimum atomic E-state index is -0.139. The number of nitrogens with two attached hydrogens (primary N) is 1. The maximum atomic E-state index is 11.2. The van der Waals surface area contributed by atoms with E-state index in [0.717, 1.165) is 11.1 Å². The molecule has 0 saturated carbocycles. The van der Waals surface area contributed by atoms with Crippen molar-refractivity contribution in [1.82, 2.24) is 5.43 Å². The van der Waals surface area contributed by atoms with E-state index in [4.69, 9.17) is 30.5 Å². The average molecular weight is 442 g/mol. The fourth-order valence-electron chi connectivity index (χ4n) is 2.74. The fourth-order valence-corrected chi connectivity index (χ4v) is 2.98. The predicted molar refractivity (Wildman–Crippen MR) is 103 cm³/mol. The maximum Gasteiger partial charge on any atom is 0.295 e. The van der Waals surface area contributed by atoms with Crippen LogP contribution >= 0.6 is 11.6 Å². The number of benzene rings is 2. The maximum absolute atomic E-state index is 11.2. The van der Waals surface area contributed by atoms with Crippen molar-refractivity contribution in [2.75, 3.05) is 27.9 Å². The van der Waals surface area contributed by atoms with Crippen LogP contribution in [-0.4, -0.2) is 39.6 Å². The van der Waals surface area contributed by atoms with Crippen molar-refractivity contribution in [3.63, 3.8) is 0 Å². The molecule has 0 unspecified atom stereocenters. The predicted octanol–water partition coefficient (Wildman–Crippen LogP) is -1.70. The minimum Gasteiger partial charge on any atom is -1.00 e. The number of nitrogens with zero attached hydrogens (tertiary/aromatic N) is 1. The number of methoxy groups -OCH3 is 3. The van der Waals surface area contributed by atoms with Crippen LogP contribution in [0.4, 0.5) is 0 Å². The van der Waals surface area contributed by atoms with E-state index in [9.17, 15) is 4.79 Å². The number of hydrogen-bond donors (Lipinski definition) is 2. The molecule has 0 aliphatic carbocycles. The number of carbonyl (C=O) groups excluding carboxylic acids is 1. The van der Waals surface area contributed by atoms with E-state index in [2.05, 4.69) is 10.5 Å². The van der Waals surface area contributed by atoms with Crippen molar-refractivity contribution >= 4 is 23.3 Å². The number of quaternary nitrogens is 1. The van der Waals surface area contributed by atoms with Gasteiger partial charge in [-0.2, -0.15) is 0 Å². The SMILES string of the molecule is COc1cc(COc2ccc(C3=NNC(=O)C[NH2+]3)cc2Cl)cc(OC)c1OC.[Cl-]. The summed E-state index contributed by atoms with van der Waals surface area (Å²) < 4.78 is 21.9. The largest absolute Gasteiger partial charge is 1.00 e. The fraction of sp³-hybridized carbons (Fsp3) is 0.263. The number of carbonyl (C=O) groups is 1. The highest BCUT2D eigenvalue weighted by molar-refractivity contribution is 6.32. The Balaban J connectivity index is 0.00000300. The third-order valence-corrected chi connectivity index (χ3v) is 4.42. The molecule has 0 aromatic heterocycles. The van der Waals surface area contributed by atoms with Crippen LogP contribution in [0.3, 0.4) is 0 Å². The first kappa shape index (κ1) is 22.6. The molecule has 1 heterocycles. The van der Waals surface area contributed by atoms with Crippen LogP contribution in [0.2, 0.25) is 5.02 Å². The number of nitrogens with one attached hydrogen (secondary N) is 1. The Labute approximate surface area is 179 Å². The van der Waals surface area contributed by atoms with Crippen LogP contribution in [-0.2, 0) is 11.4 Å². The summed E-state index contributed by atoms with van der Waals surface area (Å²) >= 11 is 6.36. The molecule has 8 nitrogen and oxygen atoms in total. The highest BCUT2D eigenvalue weighted by Gasteiger charge is 2.18. The van der Waals surface area contributed by atoms with E-state index in [1.54, 1.807) is 38.8 Å². The lowest BCUT2D eigenvalue weighted by Gasteiger charge is -2.15. The molecule has 156 valence electrons. The highest BCUT2D eigenvalue weighted by Crippen LogP contribution is 2.38. The number of amidine groups is 1. The molecule has 0 atom stereocenters. The van der Waals surface area contributed by atoms with Gasteiger partial charge in [-0.25, -0.2) is 5.43 Å². The Kier molecular flexibility index (Phi) is 7.95. The van der Waals surface area contributed by atoms with Gasteiger partial charge in [-0.15, -0.1) is 5.10 Å². The number of rotatable bonds is 7. The van der Waals surface area contributed by atoms with E-state index in [1.807, 2.05) is 18.2 Å². The summed E-state index contributed by atoms with van der Waals surface area (Å²) in [7, 11) is 4.67. The molecule has 1 aliphatic rings. The Bertz CT molecular complexity index is 896. The van der Waals surface area contributed by atoms with E-state index < -0.39 is 0 Å². The topological polar surface area (TPSA) is 95.0 Å². The molecule has 3 rings (SSSR count). The third-order valence-electron chi connectivity index (χ3n) is 4.13. The molecule has 29 heavy (non-hydrogen) atoms. The van der Waals surface area contributed by atoms with Gasteiger partial charge in [0.25, 0.3) is 5.91 Å². The first-order valence-corrected chi connectivity index (χ1v) is 8.84. The normalized spacial score (nSPS) is 13.0. The zero-order valence-electron chi connectivity index (χ0n) is 16.1. The number of halogens is 2. The molecule has 0 spiro atoms.